The Balaban J connectivity index is 0. The molecule has 0 bridgehead atoms. The van der Waals surface area contributed by atoms with Gasteiger partial charge in [-0.05, 0) is 12.3 Å². The van der Waals surface area contributed by atoms with Crippen molar-refractivity contribution in [3.8, 4) is 0 Å². The average Bonchev–Trinajstić information content (AvgIpc) is 2.25. The first-order valence-corrected chi connectivity index (χ1v) is 6.78. The van der Waals surface area contributed by atoms with Crippen LogP contribution in [0, 0.1) is 5.92 Å². The summed E-state index contributed by atoms with van der Waals surface area (Å²) in [6.07, 6.45) is 1.11. The molecule has 0 heterocycles. The molecule has 0 saturated carbocycles. The first kappa shape index (κ1) is 20.1. The lowest BCUT2D eigenvalue weighted by atomic mass is 10.1. The van der Waals surface area contributed by atoms with Crippen LogP contribution in [0.1, 0.15) is 33.1 Å². The van der Waals surface area contributed by atoms with Gasteiger partial charge in [-0.25, -0.2) is 8.42 Å². The molecule has 1 unspecified atom stereocenters. The normalized spacial score (nSPS) is 14.1. The van der Waals surface area contributed by atoms with Crippen LogP contribution in [-0.2, 0) is 20.2 Å². The number of rotatable bonds is 8. The van der Waals surface area contributed by atoms with Gasteiger partial charge in [0, 0.05) is 19.4 Å². The molecule has 0 amide bonds. The lowest BCUT2D eigenvalue weighted by molar-refractivity contribution is -0.144. The maximum absolute atomic E-state index is 11.2. The molecule has 0 rings (SSSR count). The summed E-state index contributed by atoms with van der Waals surface area (Å²) in [5.74, 6) is 0.0931. The van der Waals surface area contributed by atoms with Gasteiger partial charge >= 0.3 is 5.97 Å². The molecule has 0 aliphatic rings. The van der Waals surface area contributed by atoms with Crippen LogP contribution in [0.5, 0.6) is 0 Å². The van der Waals surface area contributed by atoms with E-state index in [0.29, 0.717) is 12.3 Å². The second kappa shape index (κ2) is 9.71. The number of thiol groups is 1. The van der Waals surface area contributed by atoms with Crippen LogP contribution in [0.2, 0.25) is 0 Å². The van der Waals surface area contributed by atoms with Crippen LogP contribution >= 0.6 is 17.0 Å². The number of nitrogens with two attached hydrogens (primary N) is 2. The molecule has 8 heteroatoms. The van der Waals surface area contributed by atoms with Crippen molar-refractivity contribution in [2.75, 3.05) is 13.2 Å². The van der Waals surface area contributed by atoms with E-state index in [2.05, 4.69) is 0 Å². The molecule has 1 atom stereocenters. The molecule has 0 aromatic heterocycles. The standard InChI is InChI=1S/C10H22N2O4S.BrH/c1-8(2)3-4-9(13)16-6-5-10(12,7-11)17(14)15;/h8,17H,3-7,11-12H2,1-2H3;1H. The Bertz CT molecular complexity index is 315. The summed E-state index contributed by atoms with van der Waals surface area (Å²) in [6.45, 7) is 3.81. The van der Waals surface area contributed by atoms with Crippen molar-refractivity contribution in [2.45, 2.75) is 38.0 Å². The highest BCUT2D eigenvalue weighted by molar-refractivity contribution is 8.93. The maximum Gasteiger partial charge on any atom is 0.305 e. The number of carbonyl (C=O) groups excluding carboxylic acids is 1. The quantitative estimate of drug-likeness (QED) is 0.426. The van der Waals surface area contributed by atoms with Gasteiger partial charge in [0.25, 0.3) is 0 Å². The Morgan fingerprint density at radius 1 is 1.39 bits per heavy atom. The zero-order valence-corrected chi connectivity index (χ0v) is 13.4. The predicted octanol–water partition coefficient (Wildman–Crippen LogP) is 0.159. The van der Waals surface area contributed by atoms with Crippen molar-refractivity contribution in [2.24, 2.45) is 17.4 Å². The second-order valence-electron chi connectivity index (χ2n) is 4.47. The highest BCUT2D eigenvalue weighted by Gasteiger charge is 2.27. The number of hydrogen-bond acceptors (Lipinski definition) is 6. The predicted molar refractivity (Wildman–Crippen MR) is 76.3 cm³/mol. The smallest absolute Gasteiger partial charge is 0.305 e. The fourth-order valence-corrected chi connectivity index (χ4v) is 1.51. The highest BCUT2D eigenvalue weighted by Crippen LogP contribution is 2.08. The Hall–Kier alpha value is -0.180. The van der Waals surface area contributed by atoms with E-state index in [1.807, 2.05) is 13.8 Å². The third-order valence-electron chi connectivity index (χ3n) is 2.44. The van der Waals surface area contributed by atoms with Gasteiger partial charge in [-0.2, -0.15) is 0 Å². The fourth-order valence-electron chi connectivity index (χ4n) is 1.09. The molecule has 6 nitrogen and oxygen atoms in total. The van der Waals surface area contributed by atoms with Crippen molar-refractivity contribution in [3.63, 3.8) is 0 Å². The molecule has 0 fully saturated rings. The van der Waals surface area contributed by atoms with E-state index in [1.54, 1.807) is 0 Å². The Labute approximate surface area is 120 Å². The number of halogens is 1. The molecule has 18 heavy (non-hydrogen) atoms. The molecule has 0 aliphatic heterocycles. The molecule has 0 spiro atoms. The van der Waals surface area contributed by atoms with Gasteiger partial charge < -0.3 is 16.2 Å². The zero-order valence-electron chi connectivity index (χ0n) is 10.8. The van der Waals surface area contributed by atoms with Gasteiger partial charge in [0.2, 0.25) is 0 Å². The van der Waals surface area contributed by atoms with Gasteiger partial charge in [0.1, 0.15) is 4.87 Å². The van der Waals surface area contributed by atoms with Crippen LogP contribution in [0.3, 0.4) is 0 Å². The fraction of sp³-hybridized carbons (Fsp3) is 0.900. The van der Waals surface area contributed by atoms with Crippen LogP contribution in [0.15, 0.2) is 0 Å². The van der Waals surface area contributed by atoms with E-state index in [9.17, 15) is 13.2 Å². The van der Waals surface area contributed by atoms with E-state index in [4.69, 9.17) is 16.2 Å². The number of hydrogen-bond donors (Lipinski definition) is 3. The first-order valence-electron chi connectivity index (χ1n) is 5.61. The van der Waals surface area contributed by atoms with Gasteiger partial charge in [0.15, 0.2) is 10.7 Å². The van der Waals surface area contributed by atoms with Gasteiger partial charge in [0.05, 0.1) is 6.61 Å². The minimum absolute atomic E-state index is 0. The Morgan fingerprint density at radius 3 is 2.33 bits per heavy atom. The molecule has 0 aromatic carbocycles. The first-order chi connectivity index (χ1) is 7.81. The van der Waals surface area contributed by atoms with E-state index < -0.39 is 15.6 Å². The van der Waals surface area contributed by atoms with Crippen molar-refractivity contribution in [1.82, 2.24) is 0 Å². The summed E-state index contributed by atoms with van der Waals surface area (Å²) in [6, 6.07) is 0. The largest absolute Gasteiger partial charge is 0.466 e. The highest BCUT2D eigenvalue weighted by atomic mass is 79.9. The van der Waals surface area contributed by atoms with E-state index in [0.717, 1.165) is 6.42 Å². The molecule has 4 N–H and O–H groups in total. The monoisotopic (exact) mass is 346 g/mol. The van der Waals surface area contributed by atoms with Gasteiger partial charge in [-0.15, -0.1) is 17.0 Å². The minimum Gasteiger partial charge on any atom is -0.466 e. The third kappa shape index (κ3) is 8.02. The molecular formula is C10H23BrN2O4S. The summed E-state index contributed by atoms with van der Waals surface area (Å²) in [5, 5.41) is 0. The van der Waals surface area contributed by atoms with Crippen molar-refractivity contribution in [3.05, 3.63) is 0 Å². The molecule has 0 saturated heterocycles. The zero-order chi connectivity index (χ0) is 13.5. The van der Waals surface area contributed by atoms with E-state index >= 15 is 0 Å². The van der Waals surface area contributed by atoms with Crippen molar-refractivity contribution >= 4 is 33.7 Å². The minimum atomic E-state index is -2.83. The van der Waals surface area contributed by atoms with Gasteiger partial charge in [-0.1, -0.05) is 13.8 Å². The lowest BCUT2D eigenvalue weighted by Gasteiger charge is -2.20. The summed E-state index contributed by atoms with van der Waals surface area (Å²) in [4.78, 5) is 9.77. The van der Waals surface area contributed by atoms with Crippen LogP contribution in [-0.4, -0.2) is 32.4 Å². The number of esters is 1. The summed E-state index contributed by atoms with van der Waals surface area (Å²) >= 11 is 0. The second-order valence-corrected chi connectivity index (χ2v) is 5.87. The molecule has 0 radical (unpaired) electrons. The van der Waals surface area contributed by atoms with Gasteiger partial charge in [-0.3, -0.25) is 4.79 Å². The van der Waals surface area contributed by atoms with Crippen molar-refractivity contribution < 1.29 is 17.9 Å². The maximum atomic E-state index is 11.2. The summed E-state index contributed by atoms with van der Waals surface area (Å²) in [5.41, 5.74) is 10.8. The summed E-state index contributed by atoms with van der Waals surface area (Å²) < 4.78 is 26.6. The molecular weight excluding hydrogens is 324 g/mol. The van der Waals surface area contributed by atoms with Crippen LogP contribution in [0.4, 0.5) is 0 Å². The average molecular weight is 347 g/mol. The molecule has 110 valence electrons. The van der Waals surface area contributed by atoms with Crippen molar-refractivity contribution in [1.29, 1.82) is 0 Å². The number of ether oxygens (including phenoxy) is 1. The van der Waals surface area contributed by atoms with E-state index in [1.165, 1.54) is 0 Å². The number of carbonyl (C=O) groups is 1. The van der Waals surface area contributed by atoms with Crippen LogP contribution < -0.4 is 11.5 Å². The summed E-state index contributed by atoms with van der Waals surface area (Å²) in [7, 11) is -2.83. The third-order valence-corrected chi connectivity index (χ3v) is 3.57. The Morgan fingerprint density at radius 2 is 1.94 bits per heavy atom. The van der Waals surface area contributed by atoms with E-state index in [-0.39, 0.29) is 42.5 Å². The topological polar surface area (TPSA) is 112 Å². The van der Waals surface area contributed by atoms with Crippen LogP contribution in [0.25, 0.3) is 0 Å². The lowest BCUT2D eigenvalue weighted by Crippen LogP contribution is -2.49. The Kier molecular flexibility index (Phi) is 10.9. The SMILES string of the molecule is Br.CC(C)CCC(=O)OCCC(N)(CN)[SH](=O)=O. The molecule has 0 aliphatic carbocycles. The molecule has 0 aromatic rings.